The van der Waals surface area contributed by atoms with Crippen molar-refractivity contribution < 1.29 is 9.53 Å². The minimum Gasteiger partial charge on any atom is -0.379 e. The number of ether oxygens (including phenoxy) is 1. The molecule has 0 spiro atoms. The van der Waals surface area contributed by atoms with Gasteiger partial charge in [0, 0.05) is 39.1 Å². The Bertz CT molecular complexity index is 231. The Kier molecular flexibility index (Phi) is 9.67. The third-order valence-electron chi connectivity index (χ3n) is 3.34. The molecular formula is C14H29N3O2. The molecule has 0 aromatic carbocycles. The van der Waals surface area contributed by atoms with Gasteiger partial charge in [0.2, 0.25) is 5.91 Å². The smallest absolute Gasteiger partial charge is 0.221 e. The second-order valence-electron chi connectivity index (χ2n) is 5.01. The van der Waals surface area contributed by atoms with Gasteiger partial charge in [-0.3, -0.25) is 9.69 Å². The Morgan fingerprint density at radius 1 is 1.16 bits per heavy atom. The van der Waals surface area contributed by atoms with Gasteiger partial charge in [-0.1, -0.05) is 19.8 Å². The summed E-state index contributed by atoms with van der Waals surface area (Å²) in [6.07, 6.45) is 4.28. The molecule has 0 aromatic rings. The molecule has 1 heterocycles. The number of nitrogens with zero attached hydrogens (tertiary/aromatic N) is 1. The highest BCUT2D eigenvalue weighted by Crippen LogP contribution is 1.95. The van der Waals surface area contributed by atoms with E-state index in [2.05, 4.69) is 22.5 Å². The number of carbonyl (C=O) groups excluding carboxylic acids is 1. The first-order valence-corrected chi connectivity index (χ1v) is 7.60. The molecule has 1 saturated heterocycles. The molecule has 0 unspecified atom stereocenters. The number of hydrogen-bond donors (Lipinski definition) is 2. The minimum atomic E-state index is 0.149. The van der Waals surface area contributed by atoms with Gasteiger partial charge in [-0.15, -0.1) is 0 Å². The second kappa shape index (κ2) is 11.2. The normalized spacial score (nSPS) is 16.5. The van der Waals surface area contributed by atoms with Crippen LogP contribution in [-0.4, -0.2) is 63.3 Å². The maximum absolute atomic E-state index is 11.6. The van der Waals surface area contributed by atoms with Crippen molar-refractivity contribution in [3.05, 3.63) is 0 Å². The fourth-order valence-corrected chi connectivity index (χ4v) is 2.09. The molecular weight excluding hydrogens is 242 g/mol. The van der Waals surface area contributed by atoms with Crippen molar-refractivity contribution in [2.45, 2.75) is 32.6 Å². The molecule has 2 N–H and O–H groups in total. The zero-order valence-corrected chi connectivity index (χ0v) is 12.2. The van der Waals surface area contributed by atoms with E-state index in [0.29, 0.717) is 6.42 Å². The van der Waals surface area contributed by atoms with Crippen LogP contribution in [0.25, 0.3) is 0 Å². The zero-order valence-electron chi connectivity index (χ0n) is 12.2. The molecule has 112 valence electrons. The summed E-state index contributed by atoms with van der Waals surface area (Å²) in [4.78, 5) is 13.9. The standard InChI is InChI=1S/C14H29N3O2/c1-2-3-4-6-15-7-5-14(18)16-8-9-17-10-12-19-13-11-17/h15H,2-13H2,1H3,(H,16,18). The second-order valence-corrected chi connectivity index (χ2v) is 5.01. The van der Waals surface area contributed by atoms with Gasteiger partial charge in [0.05, 0.1) is 13.2 Å². The molecule has 0 atom stereocenters. The van der Waals surface area contributed by atoms with Gasteiger partial charge in [-0.2, -0.15) is 0 Å². The van der Waals surface area contributed by atoms with Crippen molar-refractivity contribution in [3.8, 4) is 0 Å². The van der Waals surface area contributed by atoms with E-state index >= 15 is 0 Å². The van der Waals surface area contributed by atoms with E-state index in [4.69, 9.17) is 4.74 Å². The van der Waals surface area contributed by atoms with Crippen molar-refractivity contribution in [1.82, 2.24) is 15.5 Å². The molecule has 5 heteroatoms. The summed E-state index contributed by atoms with van der Waals surface area (Å²) in [5.74, 6) is 0.149. The van der Waals surface area contributed by atoms with Gasteiger partial charge in [0.25, 0.3) is 0 Å². The summed E-state index contributed by atoms with van der Waals surface area (Å²) >= 11 is 0. The third kappa shape index (κ3) is 8.97. The van der Waals surface area contributed by atoms with Gasteiger partial charge in [-0.05, 0) is 13.0 Å². The Morgan fingerprint density at radius 2 is 1.95 bits per heavy atom. The molecule has 0 aliphatic carbocycles. The average Bonchev–Trinajstić information content (AvgIpc) is 2.44. The van der Waals surface area contributed by atoms with Crippen LogP contribution in [0.4, 0.5) is 0 Å². The van der Waals surface area contributed by atoms with E-state index in [1.54, 1.807) is 0 Å². The molecule has 1 aliphatic heterocycles. The molecule has 1 rings (SSSR count). The quantitative estimate of drug-likeness (QED) is 0.572. The molecule has 1 fully saturated rings. The highest BCUT2D eigenvalue weighted by molar-refractivity contribution is 5.76. The largest absolute Gasteiger partial charge is 0.379 e. The number of nitrogens with one attached hydrogen (secondary N) is 2. The van der Waals surface area contributed by atoms with Crippen LogP contribution in [0.3, 0.4) is 0 Å². The van der Waals surface area contributed by atoms with Crippen LogP contribution >= 0.6 is 0 Å². The van der Waals surface area contributed by atoms with Crippen LogP contribution in [0.15, 0.2) is 0 Å². The summed E-state index contributed by atoms with van der Waals surface area (Å²) in [5.41, 5.74) is 0. The van der Waals surface area contributed by atoms with Gasteiger partial charge >= 0.3 is 0 Å². The number of hydrogen-bond acceptors (Lipinski definition) is 4. The Morgan fingerprint density at radius 3 is 2.68 bits per heavy atom. The molecule has 0 radical (unpaired) electrons. The Balaban J connectivity index is 1.87. The van der Waals surface area contributed by atoms with Crippen molar-refractivity contribution in [3.63, 3.8) is 0 Å². The lowest BCUT2D eigenvalue weighted by Crippen LogP contribution is -2.41. The van der Waals surface area contributed by atoms with Crippen LogP contribution in [0, 0.1) is 0 Å². The van der Waals surface area contributed by atoms with Gasteiger partial charge in [0.1, 0.15) is 0 Å². The van der Waals surface area contributed by atoms with E-state index in [0.717, 1.165) is 52.5 Å². The van der Waals surface area contributed by atoms with Crippen LogP contribution in [0.1, 0.15) is 32.6 Å². The highest BCUT2D eigenvalue weighted by Gasteiger charge is 2.09. The van der Waals surface area contributed by atoms with Crippen LogP contribution in [0.2, 0.25) is 0 Å². The van der Waals surface area contributed by atoms with Crippen molar-refractivity contribution >= 4 is 5.91 Å². The molecule has 0 aromatic heterocycles. The molecule has 5 nitrogen and oxygen atoms in total. The van der Waals surface area contributed by atoms with E-state index in [1.165, 1.54) is 19.3 Å². The fourth-order valence-electron chi connectivity index (χ4n) is 2.09. The number of unbranched alkanes of at least 4 members (excludes halogenated alkanes) is 2. The predicted molar refractivity (Wildman–Crippen MR) is 77.3 cm³/mol. The highest BCUT2D eigenvalue weighted by atomic mass is 16.5. The van der Waals surface area contributed by atoms with Crippen molar-refractivity contribution in [2.24, 2.45) is 0 Å². The van der Waals surface area contributed by atoms with Crippen LogP contribution in [-0.2, 0) is 9.53 Å². The predicted octanol–water partition coefficient (Wildman–Crippen LogP) is 0.605. The number of rotatable bonds is 10. The molecule has 19 heavy (non-hydrogen) atoms. The monoisotopic (exact) mass is 271 g/mol. The van der Waals surface area contributed by atoms with E-state index < -0.39 is 0 Å². The summed E-state index contributed by atoms with van der Waals surface area (Å²) in [6, 6.07) is 0. The lowest BCUT2D eigenvalue weighted by atomic mass is 10.2. The molecule has 0 saturated carbocycles. The maximum Gasteiger partial charge on any atom is 0.221 e. The first kappa shape index (κ1) is 16.4. The Labute approximate surface area is 117 Å². The summed E-state index contributed by atoms with van der Waals surface area (Å²) in [7, 11) is 0. The van der Waals surface area contributed by atoms with Gasteiger partial charge in [-0.25, -0.2) is 0 Å². The van der Waals surface area contributed by atoms with Crippen LogP contribution < -0.4 is 10.6 Å². The minimum absolute atomic E-state index is 0.149. The maximum atomic E-state index is 11.6. The van der Waals surface area contributed by atoms with Gasteiger partial charge in [0.15, 0.2) is 0 Å². The van der Waals surface area contributed by atoms with E-state index in [-0.39, 0.29) is 5.91 Å². The first-order chi connectivity index (χ1) is 9.33. The topological polar surface area (TPSA) is 53.6 Å². The zero-order chi connectivity index (χ0) is 13.8. The molecule has 1 amide bonds. The lowest BCUT2D eigenvalue weighted by molar-refractivity contribution is -0.121. The van der Waals surface area contributed by atoms with Crippen molar-refractivity contribution in [1.29, 1.82) is 0 Å². The average molecular weight is 271 g/mol. The summed E-state index contributed by atoms with van der Waals surface area (Å²) in [5, 5.41) is 6.27. The van der Waals surface area contributed by atoms with E-state index in [9.17, 15) is 4.79 Å². The first-order valence-electron chi connectivity index (χ1n) is 7.60. The van der Waals surface area contributed by atoms with Crippen LogP contribution in [0.5, 0.6) is 0 Å². The number of morpholine rings is 1. The lowest BCUT2D eigenvalue weighted by Gasteiger charge is -2.26. The SMILES string of the molecule is CCCCCNCCC(=O)NCCN1CCOCC1. The fraction of sp³-hybridized carbons (Fsp3) is 0.929. The number of amides is 1. The molecule has 0 bridgehead atoms. The third-order valence-corrected chi connectivity index (χ3v) is 3.34. The molecule has 1 aliphatic rings. The summed E-state index contributed by atoms with van der Waals surface area (Å²) in [6.45, 7) is 9.27. The number of carbonyl (C=O) groups is 1. The Hall–Kier alpha value is -0.650. The van der Waals surface area contributed by atoms with E-state index in [1.807, 2.05) is 0 Å². The summed E-state index contributed by atoms with van der Waals surface area (Å²) < 4.78 is 5.28. The van der Waals surface area contributed by atoms with Gasteiger partial charge < -0.3 is 15.4 Å². The van der Waals surface area contributed by atoms with Crippen molar-refractivity contribution in [2.75, 3.05) is 52.5 Å².